The number of carbonyl (C=O) groups excluding carboxylic acids is 2. The molecule has 0 radical (unpaired) electrons. The van der Waals surface area contributed by atoms with Crippen LogP contribution >= 0.6 is 22.7 Å². The summed E-state index contributed by atoms with van der Waals surface area (Å²) in [5.41, 5.74) is 4.40. The van der Waals surface area contributed by atoms with Crippen LogP contribution in [-0.2, 0) is 22.4 Å². The van der Waals surface area contributed by atoms with Crippen LogP contribution in [0.15, 0.2) is 72.8 Å². The molecule has 4 heterocycles. The van der Waals surface area contributed by atoms with Gasteiger partial charge >= 0.3 is 0 Å². The first-order chi connectivity index (χ1) is 22.4. The standard InChI is InChI=1S/C36H40N6O2S2/c1-25(43)41(39-17-13-29(14-18-39)21-27-9-5-3-6-10-27)35-37-31-23-32-34(24-33(31)45-35)46-36(38-32)42(26(2)44)40-19-15-30(16-20-40)22-28-11-7-4-8-12-28/h3-12,23-24,29-30H,13-22H2,1-2H3. The smallest absolute Gasteiger partial charge is 0.240 e. The summed E-state index contributed by atoms with van der Waals surface area (Å²) in [6.45, 7) is 6.56. The van der Waals surface area contributed by atoms with E-state index in [4.69, 9.17) is 9.97 Å². The van der Waals surface area contributed by atoms with Gasteiger partial charge in [0.2, 0.25) is 22.1 Å². The van der Waals surface area contributed by atoms with Crippen molar-refractivity contribution in [2.75, 3.05) is 36.2 Å². The number of benzene rings is 3. The zero-order valence-electron chi connectivity index (χ0n) is 26.5. The first kappa shape index (κ1) is 30.9. The number of hydrogen-bond donors (Lipinski definition) is 0. The zero-order valence-corrected chi connectivity index (χ0v) is 28.1. The number of aromatic nitrogens is 2. The van der Waals surface area contributed by atoms with Gasteiger partial charge in [0, 0.05) is 40.0 Å². The van der Waals surface area contributed by atoms with Gasteiger partial charge in [0.05, 0.1) is 20.4 Å². The molecule has 0 atom stereocenters. The second-order valence-electron chi connectivity index (χ2n) is 12.6. The Morgan fingerprint density at radius 3 is 1.41 bits per heavy atom. The number of thiazole rings is 2. The SMILES string of the molecule is CC(=O)N(c1nc2cc3nc(N(C(C)=O)N4CCC(Cc5ccccc5)CC4)sc3cc2s1)N1CCC(Cc2ccccc2)CC1. The highest BCUT2D eigenvalue weighted by molar-refractivity contribution is 7.24. The lowest BCUT2D eigenvalue weighted by Crippen LogP contribution is -2.49. The summed E-state index contributed by atoms with van der Waals surface area (Å²) in [6.07, 6.45) is 6.34. The highest BCUT2D eigenvalue weighted by Gasteiger charge is 2.30. The molecule has 8 nitrogen and oxygen atoms in total. The molecule has 0 N–H and O–H groups in total. The van der Waals surface area contributed by atoms with Gasteiger partial charge in [-0.1, -0.05) is 83.3 Å². The topological polar surface area (TPSA) is 72.9 Å². The first-order valence-electron chi connectivity index (χ1n) is 16.3. The van der Waals surface area contributed by atoms with Crippen molar-refractivity contribution in [3.8, 4) is 0 Å². The first-order valence-corrected chi connectivity index (χ1v) is 17.9. The molecule has 2 aliphatic heterocycles. The predicted octanol–water partition coefficient (Wildman–Crippen LogP) is 7.35. The number of hydrazine groups is 2. The quantitative estimate of drug-likeness (QED) is 0.175. The third kappa shape index (κ3) is 6.71. The van der Waals surface area contributed by atoms with Crippen LogP contribution in [0.25, 0.3) is 20.4 Å². The van der Waals surface area contributed by atoms with Crippen molar-refractivity contribution in [1.29, 1.82) is 0 Å². The minimum Gasteiger partial charge on any atom is -0.273 e. The fraction of sp³-hybridized carbons (Fsp3) is 0.389. The lowest BCUT2D eigenvalue weighted by molar-refractivity contribution is -0.120. The molecule has 46 heavy (non-hydrogen) atoms. The molecule has 2 fully saturated rings. The number of rotatable bonds is 8. The highest BCUT2D eigenvalue weighted by atomic mass is 32.1. The van der Waals surface area contributed by atoms with Gasteiger partial charge in [-0.25, -0.2) is 30.0 Å². The maximum atomic E-state index is 12.9. The van der Waals surface area contributed by atoms with Crippen LogP contribution in [-0.4, -0.2) is 58.0 Å². The lowest BCUT2D eigenvalue weighted by Gasteiger charge is -2.37. The van der Waals surface area contributed by atoms with Crippen molar-refractivity contribution in [1.82, 2.24) is 20.0 Å². The molecule has 0 spiro atoms. The second-order valence-corrected chi connectivity index (χ2v) is 14.6. The number of hydrogen-bond acceptors (Lipinski definition) is 8. The average Bonchev–Trinajstić information content (AvgIpc) is 3.65. The van der Waals surface area contributed by atoms with Gasteiger partial charge in [-0.15, -0.1) is 0 Å². The molecule has 3 aromatic carbocycles. The van der Waals surface area contributed by atoms with Gasteiger partial charge in [-0.05, 0) is 73.6 Å². The van der Waals surface area contributed by atoms with Crippen LogP contribution in [0.4, 0.5) is 10.3 Å². The molecule has 0 aliphatic carbocycles. The van der Waals surface area contributed by atoms with Gasteiger partial charge < -0.3 is 0 Å². The predicted molar refractivity (Wildman–Crippen MR) is 188 cm³/mol. The fourth-order valence-electron chi connectivity index (χ4n) is 6.96. The van der Waals surface area contributed by atoms with Gasteiger partial charge in [0.15, 0.2) is 0 Å². The molecule has 7 rings (SSSR count). The Kier molecular flexibility index (Phi) is 9.13. The number of nitrogens with zero attached hydrogens (tertiary/aromatic N) is 6. The minimum absolute atomic E-state index is 0.0209. The third-order valence-electron chi connectivity index (χ3n) is 9.32. The van der Waals surface area contributed by atoms with Crippen molar-refractivity contribution < 1.29 is 9.59 Å². The highest BCUT2D eigenvalue weighted by Crippen LogP contribution is 2.38. The molecule has 238 valence electrons. The van der Waals surface area contributed by atoms with Crippen LogP contribution in [0, 0.1) is 11.8 Å². The van der Waals surface area contributed by atoms with Crippen molar-refractivity contribution in [2.24, 2.45) is 11.8 Å². The summed E-state index contributed by atoms with van der Waals surface area (Å²) in [4.78, 5) is 35.7. The van der Waals surface area contributed by atoms with Crippen LogP contribution < -0.4 is 10.0 Å². The van der Waals surface area contributed by atoms with E-state index in [-0.39, 0.29) is 11.8 Å². The maximum Gasteiger partial charge on any atom is 0.240 e. The summed E-state index contributed by atoms with van der Waals surface area (Å²) >= 11 is 3.08. The van der Waals surface area contributed by atoms with E-state index in [0.29, 0.717) is 22.1 Å². The molecule has 2 aliphatic rings. The number of fused-ring (bicyclic) bond motifs is 2. The summed E-state index contributed by atoms with van der Waals surface area (Å²) in [5, 5.41) is 9.27. The van der Waals surface area contributed by atoms with Gasteiger partial charge in [-0.3, -0.25) is 9.59 Å². The molecular weight excluding hydrogens is 613 g/mol. The number of carbonyl (C=O) groups is 2. The zero-order chi connectivity index (χ0) is 31.6. The minimum atomic E-state index is -0.0209. The normalized spacial score (nSPS) is 17.1. The number of anilines is 2. The fourth-order valence-corrected chi connectivity index (χ4v) is 9.15. The van der Waals surface area contributed by atoms with Crippen LogP contribution in [0.2, 0.25) is 0 Å². The number of piperidine rings is 2. The van der Waals surface area contributed by atoms with Crippen LogP contribution in [0.1, 0.15) is 50.7 Å². The molecule has 5 aromatic rings. The third-order valence-corrected chi connectivity index (χ3v) is 11.3. The Balaban J connectivity index is 1.04. The molecule has 2 aromatic heterocycles. The molecular formula is C36H40N6O2S2. The summed E-state index contributed by atoms with van der Waals surface area (Å²) in [6, 6.07) is 25.4. The van der Waals surface area contributed by atoms with E-state index in [2.05, 4.69) is 76.7 Å². The van der Waals surface area contributed by atoms with Gasteiger partial charge in [0.1, 0.15) is 0 Å². The van der Waals surface area contributed by atoms with E-state index in [0.717, 1.165) is 85.1 Å². The average molecular weight is 653 g/mol. The largest absolute Gasteiger partial charge is 0.273 e. The second kappa shape index (κ2) is 13.6. The lowest BCUT2D eigenvalue weighted by atomic mass is 9.91. The Morgan fingerprint density at radius 1 is 0.652 bits per heavy atom. The van der Waals surface area contributed by atoms with Crippen LogP contribution in [0.3, 0.4) is 0 Å². The Morgan fingerprint density at radius 2 is 1.04 bits per heavy atom. The van der Waals surface area contributed by atoms with E-state index >= 15 is 0 Å². The number of amides is 2. The Bertz CT molecular complexity index is 1630. The van der Waals surface area contributed by atoms with Crippen LogP contribution in [0.5, 0.6) is 0 Å². The molecule has 0 saturated carbocycles. The summed E-state index contributed by atoms with van der Waals surface area (Å²) < 4.78 is 2.03. The van der Waals surface area contributed by atoms with Gasteiger partial charge in [-0.2, -0.15) is 0 Å². The summed E-state index contributed by atoms with van der Waals surface area (Å²) in [7, 11) is 0. The Hall–Kier alpha value is -3.70. The molecule has 2 saturated heterocycles. The van der Waals surface area contributed by atoms with Crippen molar-refractivity contribution in [2.45, 2.75) is 52.4 Å². The maximum absolute atomic E-state index is 12.9. The van der Waals surface area contributed by atoms with E-state index in [9.17, 15) is 9.59 Å². The Labute approximate surface area is 278 Å². The monoisotopic (exact) mass is 652 g/mol. The van der Waals surface area contributed by atoms with E-state index < -0.39 is 0 Å². The van der Waals surface area contributed by atoms with E-state index in [1.807, 2.05) is 6.07 Å². The molecule has 0 unspecified atom stereocenters. The molecule has 0 bridgehead atoms. The van der Waals surface area contributed by atoms with Crippen molar-refractivity contribution >= 4 is 65.2 Å². The van der Waals surface area contributed by atoms with E-state index in [1.54, 1.807) is 23.9 Å². The molecule has 10 heteroatoms. The molecule has 2 amide bonds. The van der Waals surface area contributed by atoms with Gasteiger partial charge in [0.25, 0.3) is 0 Å². The summed E-state index contributed by atoms with van der Waals surface area (Å²) in [5.74, 6) is 1.19. The van der Waals surface area contributed by atoms with E-state index in [1.165, 1.54) is 33.8 Å². The van der Waals surface area contributed by atoms with Crippen molar-refractivity contribution in [3.05, 3.63) is 83.9 Å². The van der Waals surface area contributed by atoms with Crippen molar-refractivity contribution in [3.63, 3.8) is 0 Å².